The van der Waals surface area contributed by atoms with Gasteiger partial charge in [0.2, 0.25) is 0 Å². The largest absolute Gasteiger partial charge is 0.277 e. The molecule has 1 aromatic carbocycles. The number of H-pyrrole nitrogens is 1. The van der Waals surface area contributed by atoms with Crippen molar-refractivity contribution < 1.29 is 0 Å². The van der Waals surface area contributed by atoms with Gasteiger partial charge in [-0.15, -0.1) is 11.3 Å². The van der Waals surface area contributed by atoms with Crippen molar-refractivity contribution in [1.82, 2.24) is 24.6 Å². The number of nitrogens with one attached hydrogen (secondary N) is 1. The number of fused-ring (bicyclic) bond motifs is 3. The molecule has 0 saturated heterocycles. The second kappa shape index (κ2) is 5.42. The van der Waals surface area contributed by atoms with Crippen LogP contribution in [0.25, 0.3) is 16.0 Å². The van der Waals surface area contributed by atoms with Crippen molar-refractivity contribution in [2.24, 2.45) is 0 Å². The van der Waals surface area contributed by atoms with Crippen LogP contribution in [0.2, 0.25) is 0 Å². The Balaban J connectivity index is 1.45. The molecule has 1 N–H and O–H groups in total. The minimum atomic E-state index is -0.00756. The van der Waals surface area contributed by atoms with Crippen LogP contribution in [0.3, 0.4) is 0 Å². The van der Waals surface area contributed by atoms with Gasteiger partial charge < -0.3 is 0 Å². The minimum absolute atomic E-state index is 0.00756. The van der Waals surface area contributed by atoms with Crippen molar-refractivity contribution in [3.8, 4) is 0 Å². The van der Waals surface area contributed by atoms with Gasteiger partial charge in [0.1, 0.15) is 5.01 Å². The highest BCUT2D eigenvalue weighted by atomic mass is 32.2. The van der Waals surface area contributed by atoms with Crippen molar-refractivity contribution in [3.05, 3.63) is 50.9 Å². The van der Waals surface area contributed by atoms with Crippen molar-refractivity contribution >= 4 is 39.1 Å². The Bertz CT molecular complexity index is 1090. The van der Waals surface area contributed by atoms with E-state index in [1.165, 1.54) is 9.22 Å². The Labute approximate surface area is 145 Å². The number of aromatic nitrogens is 5. The first kappa shape index (κ1) is 14.2. The van der Waals surface area contributed by atoms with Crippen LogP contribution >= 0.6 is 23.1 Å². The average molecular weight is 355 g/mol. The number of aromatic amines is 1. The molecule has 1 aliphatic rings. The van der Waals surface area contributed by atoms with Crippen LogP contribution in [0.15, 0.2) is 34.2 Å². The first-order valence-electron chi connectivity index (χ1n) is 7.76. The zero-order valence-corrected chi connectivity index (χ0v) is 14.3. The molecule has 3 heterocycles. The number of para-hydroxylation sites is 1. The number of aryl methyl sites for hydroxylation is 1. The SMILES string of the molecule is O=c1c2c(nc3nc(SCc4nc5ccccc5s4)[nH]n13)CCC2. The Kier molecular flexibility index (Phi) is 3.20. The van der Waals surface area contributed by atoms with E-state index in [4.69, 9.17) is 0 Å². The van der Waals surface area contributed by atoms with Gasteiger partial charge in [0.05, 0.1) is 21.7 Å². The molecule has 0 fully saturated rings. The van der Waals surface area contributed by atoms with Gasteiger partial charge in [0.25, 0.3) is 11.3 Å². The highest BCUT2D eigenvalue weighted by Crippen LogP contribution is 2.27. The van der Waals surface area contributed by atoms with E-state index >= 15 is 0 Å². The lowest BCUT2D eigenvalue weighted by Crippen LogP contribution is -2.20. The molecular weight excluding hydrogens is 342 g/mol. The molecule has 0 bridgehead atoms. The fourth-order valence-electron chi connectivity index (χ4n) is 3.04. The number of thioether (sulfide) groups is 1. The van der Waals surface area contributed by atoms with Gasteiger partial charge in [-0.1, -0.05) is 23.9 Å². The summed E-state index contributed by atoms with van der Waals surface area (Å²) in [6.45, 7) is 0. The van der Waals surface area contributed by atoms with Gasteiger partial charge in [0.15, 0.2) is 5.16 Å². The lowest BCUT2D eigenvalue weighted by atomic mass is 10.3. The van der Waals surface area contributed by atoms with Crippen LogP contribution in [0.4, 0.5) is 0 Å². The maximum absolute atomic E-state index is 12.5. The maximum Gasteiger partial charge on any atom is 0.277 e. The Morgan fingerprint density at radius 3 is 3.04 bits per heavy atom. The third-order valence-corrected chi connectivity index (χ3v) is 6.26. The van der Waals surface area contributed by atoms with Crippen molar-refractivity contribution in [3.63, 3.8) is 0 Å². The fraction of sp³-hybridized carbons (Fsp3) is 0.250. The summed E-state index contributed by atoms with van der Waals surface area (Å²) < 4.78 is 2.65. The molecule has 0 spiro atoms. The lowest BCUT2D eigenvalue weighted by Gasteiger charge is -1.96. The van der Waals surface area contributed by atoms with Gasteiger partial charge in [-0.25, -0.2) is 9.97 Å². The van der Waals surface area contributed by atoms with Crippen LogP contribution in [0.1, 0.15) is 22.7 Å². The molecule has 1 aliphatic carbocycles. The monoisotopic (exact) mass is 355 g/mol. The number of hydrogen-bond acceptors (Lipinski definition) is 6. The van der Waals surface area contributed by atoms with Gasteiger partial charge in [-0.2, -0.15) is 9.50 Å². The van der Waals surface area contributed by atoms with E-state index in [2.05, 4.69) is 26.1 Å². The van der Waals surface area contributed by atoms with Gasteiger partial charge in [-0.05, 0) is 31.4 Å². The molecule has 5 rings (SSSR count). The molecule has 0 radical (unpaired) electrons. The van der Waals surface area contributed by atoms with Crippen molar-refractivity contribution in [2.75, 3.05) is 0 Å². The molecule has 8 heteroatoms. The van der Waals surface area contributed by atoms with E-state index in [1.807, 2.05) is 18.2 Å². The van der Waals surface area contributed by atoms with Crippen molar-refractivity contribution in [1.29, 1.82) is 0 Å². The molecular formula is C16H13N5OS2. The average Bonchev–Trinajstić information content (AvgIpc) is 3.30. The van der Waals surface area contributed by atoms with E-state index in [9.17, 15) is 4.79 Å². The van der Waals surface area contributed by atoms with Gasteiger partial charge in [0, 0.05) is 5.56 Å². The van der Waals surface area contributed by atoms with E-state index in [0.29, 0.717) is 16.7 Å². The Morgan fingerprint density at radius 2 is 2.12 bits per heavy atom. The molecule has 0 aliphatic heterocycles. The topological polar surface area (TPSA) is 75.9 Å². The van der Waals surface area contributed by atoms with Crippen LogP contribution in [0.5, 0.6) is 0 Å². The maximum atomic E-state index is 12.5. The quantitative estimate of drug-likeness (QED) is 0.572. The van der Waals surface area contributed by atoms with Crippen LogP contribution < -0.4 is 5.56 Å². The van der Waals surface area contributed by atoms with Gasteiger partial charge in [-0.3, -0.25) is 9.89 Å². The number of thiazole rings is 1. The minimum Gasteiger partial charge on any atom is -0.267 e. The smallest absolute Gasteiger partial charge is 0.267 e. The third kappa shape index (κ3) is 2.25. The second-order valence-electron chi connectivity index (χ2n) is 5.72. The molecule has 4 aromatic rings. The predicted octanol–water partition coefficient (Wildman–Crippen LogP) is 2.81. The molecule has 0 unspecified atom stereocenters. The molecule has 24 heavy (non-hydrogen) atoms. The van der Waals surface area contributed by atoms with Crippen LogP contribution in [0, 0.1) is 0 Å². The molecule has 3 aromatic heterocycles. The van der Waals surface area contributed by atoms with E-state index < -0.39 is 0 Å². The third-order valence-electron chi connectivity index (χ3n) is 4.16. The Hall–Kier alpha value is -2.19. The summed E-state index contributed by atoms with van der Waals surface area (Å²) in [5.74, 6) is 1.18. The van der Waals surface area contributed by atoms with E-state index in [-0.39, 0.29) is 5.56 Å². The summed E-state index contributed by atoms with van der Waals surface area (Å²) in [5, 5.41) is 4.81. The molecule has 0 amide bonds. The highest BCUT2D eigenvalue weighted by Gasteiger charge is 2.20. The van der Waals surface area contributed by atoms with Crippen LogP contribution in [-0.2, 0) is 18.6 Å². The summed E-state index contributed by atoms with van der Waals surface area (Å²) in [5.41, 5.74) is 2.76. The summed E-state index contributed by atoms with van der Waals surface area (Å²) in [4.78, 5) is 26.1. The Morgan fingerprint density at radius 1 is 1.21 bits per heavy atom. The zero-order valence-electron chi connectivity index (χ0n) is 12.7. The zero-order chi connectivity index (χ0) is 16.1. The summed E-state index contributed by atoms with van der Waals surface area (Å²) in [7, 11) is 0. The summed E-state index contributed by atoms with van der Waals surface area (Å²) in [6, 6.07) is 8.11. The number of benzene rings is 1. The standard InChI is InChI=1S/C16H13N5OS2/c22-14-9-4-3-6-10(9)18-15-19-16(20-21(14)15)23-8-13-17-11-5-1-2-7-12(11)24-13/h1-2,5,7H,3-4,6,8H2,(H,18,19,20). The first-order valence-corrected chi connectivity index (χ1v) is 9.56. The van der Waals surface area contributed by atoms with Crippen molar-refractivity contribution in [2.45, 2.75) is 30.2 Å². The number of rotatable bonds is 3. The molecule has 0 atom stereocenters. The van der Waals surface area contributed by atoms with Crippen LogP contribution in [-0.4, -0.2) is 24.6 Å². The fourth-order valence-corrected chi connectivity index (χ4v) is 4.84. The van der Waals surface area contributed by atoms with E-state index in [0.717, 1.165) is 41.0 Å². The first-order chi connectivity index (χ1) is 11.8. The predicted molar refractivity (Wildman–Crippen MR) is 94.8 cm³/mol. The summed E-state index contributed by atoms with van der Waals surface area (Å²) in [6.07, 6.45) is 2.70. The number of nitrogens with zero attached hydrogens (tertiary/aromatic N) is 4. The highest BCUT2D eigenvalue weighted by molar-refractivity contribution is 7.98. The van der Waals surface area contributed by atoms with Gasteiger partial charge >= 0.3 is 0 Å². The molecule has 120 valence electrons. The lowest BCUT2D eigenvalue weighted by molar-refractivity contribution is 0.832. The molecule has 0 saturated carbocycles. The second-order valence-corrected chi connectivity index (χ2v) is 7.80. The molecule has 6 nitrogen and oxygen atoms in total. The number of hydrogen-bond donors (Lipinski definition) is 1. The summed E-state index contributed by atoms with van der Waals surface area (Å²) >= 11 is 3.23. The normalized spacial score (nSPS) is 13.8. The van der Waals surface area contributed by atoms with E-state index in [1.54, 1.807) is 23.1 Å².